The van der Waals surface area contributed by atoms with Gasteiger partial charge in [-0.1, -0.05) is 23.7 Å². The average Bonchev–Trinajstić information content (AvgIpc) is 2.85. The van der Waals surface area contributed by atoms with Gasteiger partial charge in [0.05, 0.1) is 30.4 Å². The van der Waals surface area contributed by atoms with Gasteiger partial charge in [-0.05, 0) is 54.1 Å². The molecule has 1 aliphatic heterocycles. The molecule has 2 N–H and O–H groups in total. The second-order valence-electron chi connectivity index (χ2n) is 7.40. The molecule has 0 radical (unpaired) electrons. The number of anilines is 1. The largest absolute Gasteiger partial charge is 0.465 e. The van der Waals surface area contributed by atoms with Gasteiger partial charge >= 0.3 is 5.97 Å². The number of morpholine rings is 1. The standard InChI is InChI=1S/C25H23ClN2O5.ClH/c1-31-25(30)21-11-10-20(14-22(21)26)33-19-8-4-17(5-9-19)24(29)28-18-6-2-16(3-7-18)23-15-27-12-13-32-23;/h2-11,14,23,27H,12-13,15H2,1H3,(H,28,29);1H/t23-;/m0./s1. The lowest BCUT2D eigenvalue weighted by Crippen LogP contribution is -2.33. The Morgan fingerprint density at radius 2 is 1.74 bits per heavy atom. The van der Waals surface area contributed by atoms with E-state index in [0.717, 1.165) is 18.7 Å². The Kier molecular flexibility index (Phi) is 8.90. The zero-order valence-corrected chi connectivity index (χ0v) is 19.9. The third kappa shape index (κ3) is 6.27. The Hall–Kier alpha value is -3.10. The van der Waals surface area contributed by atoms with E-state index in [9.17, 15) is 9.59 Å². The van der Waals surface area contributed by atoms with Crippen molar-refractivity contribution in [2.75, 3.05) is 32.1 Å². The van der Waals surface area contributed by atoms with E-state index >= 15 is 0 Å². The van der Waals surface area contributed by atoms with Gasteiger partial charge in [-0.15, -0.1) is 12.4 Å². The number of carbonyl (C=O) groups is 2. The summed E-state index contributed by atoms with van der Waals surface area (Å²) >= 11 is 6.12. The van der Waals surface area contributed by atoms with Crippen molar-refractivity contribution in [1.82, 2.24) is 5.32 Å². The Balaban J connectivity index is 0.00000324. The highest BCUT2D eigenvalue weighted by atomic mass is 35.5. The zero-order chi connectivity index (χ0) is 23.2. The van der Waals surface area contributed by atoms with Crippen molar-refractivity contribution in [3.63, 3.8) is 0 Å². The molecule has 3 aromatic carbocycles. The molecule has 1 saturated heterocycles. The van der Waals surface area contributed by atoms with Crippen LogP contribution in [-0.2, 0) is 9.47 Å². The summed E-state index contributed by atoms with van der Waals surface area (Å²) in [6.07, 6.45) is 0.0302. The molecule has 178 valence electrons. The average molecular weight is 503 g/mol. The van der Waals surface area contributed by atoms with Crippen molar-refractivity contribution in [1.29, 1.82) is 0 Å². The smallest absolute Gasteiger partial charge is 0.339 e. The van der Waals surface area contributed by atoms with Crippen LogP contribution in [0.25, 0.3) is 0 Å². The molecule has 1 atom stereocenters. The van der Waals surface area contributed by atoms with Crippen LogP contribution in [0.3, 0.4) is 0 Å². The first-order chi connectivity index (χ1) is 16.0. The highest BCUT2D eigenvalue weighted by Crippen LogP contribution is 2.28. The van der Waals surface area contributed by atoms with Gasteiger partial charge in [0.2, 0.25) is 0 Å². The van der Waals surface area contributed by atoms with Crippen LogP contribution >= 0.6 is 24.0 Å². The topological polar surface area (TPSA) is 85.9 Å². The molecule has 0 saturated carbocycles. The van der Waals surface area contributed by atoms with Gasteiger partial charge in [0.25, 0.3) is 5.91 Å². The first kappa shape index (κ1) is 25.5. The van der Waals surface area contributed by atoms with Gasteiger partial charge in [-0.25, -0.2) is 4.79 Å². The number of hydrogen-bond donors (Lipinski definition) is 2. The quantitative estimate of drug-likeness (QED) is 0.447. The summed E-state index contributed by atoms with van der Waals surface area (Å²) in [5, 5.41) is 6.42. The van der Waals surface area contributed by atoms with Crippen LogP contribution in [0.1, 0.15) is 32.4 Å². The summed E-state index contributed by atoms with van der Waals surface area (Å²) in [6.45, 7) is 2.33. The minimum atomic E-state index is -0.518. The highest BCUT2D eigenvalue weighted by molar-refractivity contribution is 6.33. The monoisotopic (exact) mass is 502 g/mol. The lowest BCUT2D eigenvalue weighted by Gasteiger charge is -2.24. The van der Waals surface area contributed by atoms with Crippen molar-refractivity contribution in [3.05, 3.63) is 88.4 Å². The molecule has 1 fully saturated rings. The second kappa shape index (κ2) is 11.9. The van der Waals surface area contributed by atoms with Crippen LogP contribution in [0.4, 0.5) is 5.69 Å². The third-order valence-electron chi connectivity index (χ3n) is 5.17. The number of rotatable bonds is 6. The van der Waals surface area contributed by atoms with Crippen LogP contribution in [0.2, 0.25) is 5.02 Å². The van der Waals surface area contributed by atoms with Gasteiger partial charge in [0.1, 0.15) is 11.5 Å². The van der Waals surface area contributed by atoms with E-state index in [0.29, 0.717) is 29.4 Å². The number of methoxy groups -OCH3 is 1. The predicted octanol–water partition coefficient (Wildman–Crippen LogP) is 5.25. The fraction of sp³-hybridized carbons (Fsp3) is 0.200. The minimum Gasteiger partial charge on any atom is -0.465 e. The lowest BCUT2D eigenvalue weighted by atomic mass is 10.1. The van der Waals surface area contributed by atoms with Gasteiger partial charge in [-0.3, -0.25) is 4.79 Å². The Bertz CT molecular complexity index is 1130. The molecule has 0 bridgehead atoms. The molecular weight excluding hydrogens is 479 g/mol. The van der Waals surface area contributed by atoms with Crippen LogP contribution in [0, 0.1) is 0 Å². The van der Waals surface area contributed by atoms with Crippen molar-refractivity contribution >= 4 is 41.6 Å². The third-order valence-corrected chi connectivity index (χ3v) is 5.48. The van der Waals surface area contributed by atoms with E-state index in [1.807, 2.05) is 24.3 Å². The van der Waals surface area contributed by atoms with Crippen molar-refractivity contribution in [2.24, 2.45) is 0 Å². The molecule has 0 aromatic heterocycles. The molecule has 34 heavy (non-hydrogen) atoms. The summed E-state index contributed by atoms with van der Waals surface area (Å²) < 4.78 is 16.2. The molecule has 4 rings (SSSR count). The molecule has 3 aromatic rings. The number of ether oxygens (including phenoxy) is 3. The van der Waals surface area contributed by atoms with E-state index in [1.165, 1.54) is 19.2 Å². The first-order valence-electron chi connectivity index (χ1n) is 10.4. The van der Waals surface area contributed by atoms with E-state index in [4.69, 9.17) is 21.1 Å². The molecule has 9 heteroatoms. The summed E-state index contributed by atoms with van der Waals surface area (Å²) in [7, 11) is 1.29. The van der Waals surface area contributed by atoms with E-state index in [1.54, 1.807) is 30.3 Å². The maximum absolute atomic E-state index is 12.6. The number of esters is 1. The van der Waals surface area contributed by atoms with Crippen LogP contribution in [0.5, 0.6) is 11.5 Å². The Morgan fingerprint density at radius 1 is 1.03 bits per heavy atom. The van der Waals surface area contributed by atoms with Gasteiger partial charge in [0.15, 0.2) is 0 Å². The Morgan fingerprint density at radius 3 is 2.35 bits per heavy atom. The highest BCUT2D eigenvalue weighted by Gasteiger charge is 2.16. The maximum Gasteiger partial charge on any atom is 0.339 e. The summed E-state index contributed by atoms with van der Waals surface area (Å²) in [5.41, 5.74) is 2.52. The maximum atomic E-state index is 12.6. The van der Waals surface area contributed by atoms with Gasteiger partial charge in [0, 0.05) is 30.4 Å². The predicted molar refractivity (Wildman–Crippen MR) is 133 cm³/mol. The number of amides is 1. The van der Waals surface area contributed by atoms with E-state index in [-0.39, 0.29) is 35.0 Å². The number of halogens is 2. The molecule has 1 heterocycles. The fourth-order valence-corrected chi connectivity index (χ4v) is 3.66. The first-order valence-corrected chi connectivity index (χ1v) is 10.8. The molecule has 0 spiro atoms. The van der Waals surface area contributed by atoms with E-state index in [2.05, 4.69) is 15.4 Å². The Labute approximate surface area is 208 Å². The lowest BCUT2D eigenvalue weighted by molar-refractivity contribution is 0.0277. The number of nitrogens with one attached hydrogen (secondary N) is 2. The summed E-state index contributed by atoms with van der Waals surface area (Å²) in [6, 6.07) is 19.1. The van der Waals surface area contributed by atoms with Crippen molar-refractivity contribution in [3.8, 4) is 11.5 Å². The van der Waals surface area contributed by atoms with Gasteiger partial charge < -0.3 is 24.8 Å². The van der Waals surface area contributed by atoms with Crippen LogP contribution < -0.4 is 15.4 Å². The van der Waals surface area contributed by atoms with Crippen LogP contribution in [-0.4, -0.2) is 38.7 Å². The fourth-order valence-electron chi connectivity index (χ4n) is 3.41. The van der Waals surface area contributed by atoms with Crippen LogP contribution in [0.15, 0.2) is 66.7 Å². The number of hydrogen-bond acceptors (Lipinski definition) is 6. The number of carbonyl (C=O) groups excluding carboxylic acids is 2. The summed E-state index contributed by atoms with van der Waals surface area (Å²) in [5.74, 6) is 0.243. The molecule has 1 amide bonds. The molecule has 0 aliphatic carbocycles. The molecule has 7 nitrogen and oxygen atoms in total. The van der Waals surface area contributed by atoms with Gasteiger partial charge in [-0.2, -0.15) is 0 Å². The van der Waals surface area contributed by atoms with Crippen molar-refractivity contribution in [2.45, 2.75) is 6.10 Å². The molecule has 0 unspecified atom stereocenters. The molecular formula is C25H24Cl2N2O5. The van der Waals surface area contributed by atoms with Crippen molar-refractivity contribution < 1.29 is 23.8 Å². The second-order valence-corrected chi connectivity index (χ2v) is 7.81. The SMILES string of the molecule is COC(=O)c1ccc(Oc2ccc(C(=O)Nc3ccc([C@@H]4CNCCO4)cc3)cc2)cc1Cl.Cl. The molecule has 1 aliphatic rings. The van der Waals surface area contributed by atoms with E-state index < -0.39 is 5.97 Å². The minimum absolute atomic E-state index is 0. The number of benzene rings is 3. The summed E-state index contributed by atoms with van der Waals surface area (Å²) in [4.78, 5) is 24.2. The zero-order valence-electron chi connectivity index (χ0n) is 18.4. The normalized spacial score (nSPS) is 15.1.